The van der Waals surface area contributed by atoms with Gasteiger partial charge in [0.1, 0.15) is 0 Å². The number of aliphatic hydroxyl groups excluding tert-OH is 2. The SMILES string of the molecule is CCCCCCCCCCCCCCCCCCC(=O)OCCCCCCCCCCCCCC/C=C\CCCCCCCCCCCCCCC(=O)NC(CO)C(O)CCCCCCCCCCCCCCCC. The first-order valence-corrected chi connectivity index (χ1v) is 34.4. The lowest BCUT2D eigenvalue weighted by atomic mass is 10.0. The van der Waals surface area contributed by atoms with Crippen LogP contribution in [-0.2, 0) is 14.3 Å². The highest BCUT2D eigenvalue weighted by atomic mass is 16.5. The summed E-state index contributed by atoms with van der Waals surface area (Å²) in [7, 11) is 0. The number of unbranched alkanes of at least 4 members (excludes halogenated alkanes) is 52. The van der Waals surface area contributed by atoms with Crippen molar-refractivity contribution in [2.75, 3.05) is 13.2 Å². The molecule has 1 amide bonds. The second-order valence-corrected chi connectivity index (χ2v) is 23.9. The van der Waals surface area contributed by atoms with Gasteiger partial charge in [-0.3, -0.25) is 9.59 Å². The van der Waals surface area contributed by atoms with E-state index in [2.05, 4.69) is 31.3 Å². The van der Waals surface area contributed by atoms with Gasteiger partial charge < -0.3 is 20.3 Å². The first-order valence-electron chi connectivity index (χ1n) is 34.4. The topological polar surface area (TPSA) is 95.9 Å². The van der Waals surface area contributed by atoms with E-state index in [1.165, 1.54) is 321 Å². The van der Waals surface area contributed by atoms with Gasteiger partial charge in [0, 0.05) is 12.8 Å². The molecule has 0 aromatic carbocycles. The normalized spacial score (nSPS) is 12.5. The van der Waals surface area contributed by atoms with Crippen LogP contribution in [0.4, 0.5) is 0 Å². The van der Waals surface area contributed by atoms with Gasteiger partial charge in [-0.2, -0.15) is 0 Å². The van der Waals surface area contributed by atoms with Crippen LogP contribution in [0.1, 0.15) is 393 Å². The zero-order chi connectivity index (χ0) is 54.3. The predicted octanol–water partition coefficient (Wildman–Crippen LogP) is 22.0. The van der Waals surface area contributed by atoms with Gasteiger partial charge in [-0.05, 0) is 51.4 Å². The van der Waals surface area contributed by atoms with E-state index in [0.29, 0.717) is 25.9 Å². The number of carbonyl (C=O) groups is 2. The number of aliphatic hydroxyl groups is 2. The van der Waals surface area contributed by atoms with Crippen molar-refractivity contribution in [1.29, 1.82) is 0 Å². The molecule has 446 valence electrons. The third-order valence-electron chi connectivity index (χ3n) is 16.3. The second-order valence-electron chi connectivity index (χ2n) is 23.9. The molecule has 75 heavy (non-hydrogen) atoms. The standard InChI is InChI=1S/C69H135NO5/c1-3-5-7-9-11-13-15-17-19-35-39-43-47-51-55-59-63-69(74)75-64-60-56-52-48-44-40-36-33-31-29-27-25-23-21-20-22-24-26-28-30-32-34-38-42-46-50-54-58-62-68(73)70-66(65-71)67(72)61-57-53-49-45-41-37-18-16-14-12-10-8-6-4-2/h20-21,66-67,71-72H,3-19,22-65H2,1-2H3,(H,70,73)/b21-20-. The lowest BCUT2D eigenvalue weighted by Gasteiger charge is -2.22. The molecule has 0 aliphatic heterocycles. The van der Waals surface area contributed by atoms with Crippen LogP contribution in [0.25, 0.3) is 0 Å². The molecule has 0 saturated carbocycles. The van der Waals surface area contributed by atoms with Crippen molar-refractivity contribution >= 4 is 11.9 Å². The van der Waals surface area contributed by atoms with Crippen molar-refractivity contribution in [2.24, 2.45) is 0 Å². The molecular formula is C69H135NO5. The first kappa shape index (κ1) is 73.6. The Labute approximate surface area is 469 Å². The van der Waals surface area contributed by atoms with Gasteiger partial charge in [0.05, 0.1) is 25.4 Å². The fraction of sp³-hybridized carbons (Fsp3) is 0.942. The number of nitrogens with one attached hydrogen (secondary N) is 1. The Bertz CT molecular complexity index is 1130. The molecule has 2 atom stereocenters. The minimum Gasteiger partial charge on any atom is -0.466 e. The van der Waals surface area contributed by atoms with E-state index >= 15 is 0 Å². The van der Waals surface area contributed by atoms with Crippen molar-refractivity contribution in [3.05, 3.63) is 12.2 Å². The number of rotatable bonds is 65. The summed E-state index contributed by atoms with van der Waals surface area (Å²) < 4.78 is 5.50. The van der Waals surface area contributed by atoms with Crippen molar-refractivity contribution in [1.82, 2.24) is 5.32 Å². The molecule has 0 rings (SSSR count). The Morgan fingerprint density at radius 3 is 0.947 bits per heavy atom. The van der Waals surface area contributed by atoms with E-state index in [1.54, 1.807) is 0 Å². The van der Waals surface area contributed by atoms with Crippen LogP contribution >= 0.6 is 0 Å². The van der Waals surface area contributed by atoms with Crippen molar-refractivity contribution in [2.45, 2.75) is 405 Å². The molecule has 0 aliphatic carbocycles. The number of allylic oxidation sites excluding steroid dienone is 2. The summed E-state index contributed by atoms with van der Waals surface area (Å²) in [6, 6.07) is -0.540. The Morgan fingerprint density at radius 1 is 0.360 bits per heavy atom. The fourth-order valence-electron chi connectivity index (χ4n) is 11.1. The summed E-state index contributed by atoms with van der Waals surface area (Å²) in [5.74, 6) is -0.0120. The molecule has 0 heterocycles. The molecule has 0 bridgehead atoms. The lowest BCUT2D eigenvalue weighted by molar-refractivity contribution is -0.143. The highest BCUT2D eigenvalue weighted by Crippen LogP contribution is 2.19. The molecular weight excluding hydrogens is 923 g/mol. The van der Waals surface area contributed by atoms with Crippen LogP contribution in [0.15, 0.2) is 12.2 Å². The number of ether oxygens (including phenoxy) is 1. The van der Waals surface area contributed by atoms with E-state index in [9.17, 15) is 19.8 Å². The number of hydrogen-bond acceptors (Lipinski definition) is 5. The van der Waals surface area contributed by atoms with Crippen LogP contribution in [0.2, 0.25) is 0 Å². The third-order valence-corrected chi connectivity index (χ3v) is 16.3. The molecule has 0 fully saturated rings. The summed E-state index contributed by atoms with van der Waals surface area (Å²) in [6.45, 7) is 4.99. The van der Waals surface area contributed by atoms with Crippen molar-refractivity contribution in [3.8, 4) is 0 Å². The molecule has 0 aromatic rings. The quantitative estimate of drug-likeness (QED) is 0.0320. The molecule has 6 nitrogen and oxygen atoms in total. The van der Waals surface area contributed by atoms with Crippen LogP contribution < -0.4 is 5.32 Å². The van der Waals surface area contributed by atoms with E-state index in [0.717, 1.165) is 38.5 Å². The van der Waals surface area contributed by atoms with Gasteiger partial charge in [-0.25, -0.2) is 0 Å². The minimum atomic E-state index is -0.663. The van der Waals surface area contributed by atoms with Gasteiger partial charge in [-0.15, -0.1) is 0 Å². The summed E-state index contributed by atoms with van der Waals surface area (Å²) in [4.78, 5) is 24.6. The third kappa shape index (κ3) is 61.7. The Balaban J connectivity index is 3.35. The first-order chi connectivity index (χ1) is 37.0. The molecule has 3 N–H and O–H groups in total. The Hall–Kier alpha value is -1.40. The van der Waals surface area contributed by atoms with Crippen LogP contribution in [0.5, 0.6) is 0 Å². The summed E-state index contributed by atoms with van der Waals surface area (Å²) in [6.07, 6.45) is 79.7. The summed E-state index contributed by atoms with van der Waals surface area (Å²) in [5, 5.41) is 23.3. The van der Waals surface area contributed by atoms with Gasteiger partial charge in [0.25, 0.3) is 0 Å². The molecule has 0 aliphatic rings. The van der Waals surface area contributed by atoms with Gasteiger partial charge >= 0.3 is 5.97 Å². The fourth-order valence-corrected chi connectivity index (χ4v) is 11.1. The largest absolute Gasteiger partial charge is 0.466 e. The average Bonchev–Trinajstić information content (AvgIpc) is 3.41. The van der Waals surface area contributed by atoms with Gasteiger partial charge in [0.2, 0.25) is 5.91 Å². The highest BCUT2D eigenvalue weighted by Gasteiger charge is 2.20. The molecule has 0 spiro atoms. The molecule has 0 radical (unpaired) electrons. The zero-order valence-electron chi connectivity index (χ0n) is 51.1. The highest BCUT2D eigenvalue weighted by molar-refractivity contribution is 5.76. The number of carbonyl (C=O) groups excluding carboxylic acids is 2. The zero-order valence-corrected chi connectivity index (χ0v) is 51.1. The summed E-state index contributed by atoms with van der Waals surface area (Å²) in [5.41, 5.74) is 0. The Kier molecular flexibility index (Phi) is 63.9. The average molecular weight is 1060 g/mol. The lowest BCUT2D eigenvalue weighted by Crippen LogP contribution is -2.45. The number of amides is 1. The van der Waals surface area contributed by atoms with Gasteiger partial charge in [0.15, 0.2) is 0 Å². The van der Waals surface area contributed by atoms with Crippen LogP contribution in [0, 0.1) is 0 Å². The van der Waals surface area contributed by atoms with E-state index in [4.69, 9.17) is 4.74 Å². The summed E-state index contributed by atoms with van der Waals surface area (Å²) >= 11 is 0. The molecule has 0 aromatic heterocycles. The Morgan fingerprint density at radius 2 is 0.627 bits per heavy atom. The molecule has 2 unspecified atom stereocenters. The van der Waals surface area contributed by atoms with Crippen LogP contribution in [-0.4, -0.2) is 47.4 Å². The minimum absolute atomic E-state index is 0.0202. The molecule has 6 heteroatoms. The maximum absolute atomic E-state index is 12.5. The second kappa shape index (κ2) is 65.1. The van der Waals surface area contributed by atoms with E-state index in [-0.39, 0.29) is 18.5 Å². The maximum Gasteiger partial charge on any atom is 0.305 e. The van der Waals surface area contributed by atoms with E-state index in [1.807, 2.05) is 0 Å². The maximum atomic E-state index is 12.5. The van der Waals surface area contributed by atoms with Crippen molar-refractivity contribution in [3.63, 3.8) is 0 Å². The van der Waals surface area contributed by atoms with Crippen LogP contribution in [0.3, 0.4) is 0 Å². The molecule has 0 saturated heterocycles. The van der Waals surface area contributed by atoms with Crippen molar-refractivity contribution < 1.29 is 24.5 Å². The predicted molar refractivity (Wildman–Crippen MR) is 329 cm³/mol. The van der Waals surface area contributed by atoms with E-state index < -0.39 is 12.1 Å². The van der Waals surface area contributed by atoms with Gasteiger partial charge in [-0.1, -0.05) is 341 Å². The monoisotopic (exact) mass is 1060 g/mol. The number of hydrogen-bond donors (Lipinski definition) is 3. The number of esters is 1. The smallest absolute Gasteiger partial charge is 0.305 e.